The van der Waals surface area contributed by atoms with Gasteiger partial charge in [-0.15, -0.1) is 23.2 Å². The highest BCUT2D eigenvalue weighted by atomic mass is 35.5. The fourth-order valence-electron chi connectivity index (χ4n) is 3.67. The Morgan fingerprint density at radius 3 is 2.16 bits per heavy atom. The molecule has 9 nitrogen and oxygen atoms in total. The number of carboxylic acids is 1. The van der Waals surface area contributed by atoms with E-state index in [4.69, 9.17) is 32.8 Å². The summed E-state index contributed by atoms with van der Waals surface area (Å²) in [6, 6.07) is 8.20. The minimum absolute atomic E-state index is 0.338. The number of aliphatic hydroxyl groups excluding tert-OH is 3. The van der Waals surface area contributed by atoms with E-state index in [1.165, 1.54) is 12.2 Å². The van der Waals surface area contributed by atoms with Crippen LogP contribution in [-0.4, -0.2) is 101 Å². The Balaban J connectivity index is 1.87. The van der Waals surface area contributed by atoms with Crippen LogP contribution in [0.5, 0.6) is 0 Å². The van der Waals surface area contributed by atoms with Crippen molar-refractivity contribution in [2.75, 3.05) is 43.4 Å². The predicted octanol–water partition coefficient (Wildman–Crippen LogP) is 1.05. The standard InChI is InChI=1S/C21H32Cl2N2O7/c1-31-25(20-18(28)16(26)17(27)19(32-20)21(29)30)11-3-2-4-14-5-7-15(8-6-14)24(12-9-22)13-10-23/h5-8,16-20,26-28H,2-4,9-13H2,1H3,(H,29,30)/t16-,17-,18+,19-,20?/m0/s1. The smallest absolute Gasteiger partial charge is 0.335 e. The van der Waals surface area contributed by atoms with E-state index in [0.717, 1.165) is 37.2 Å². The molecule has 0 radical (unpaired) electrons. The minimum atomic E-state index is -1.73. The van der Waals surface area contributed by atoms with Gasteiger partial charge in [0, 0.05) is 37.1 Å². The lowest BCUT2D eigenvalue weighted by molar-refractivity contribution is -0.322. The minimum Gasteiger partial charge on any atom is -0.479 e. The number of hydroxylamine groups is 2. The van der Waals surface area contributed by atoms with Gasteiger partial charge in [0.25, 0.3) is 0 Å². The Morgan fingerprint density at radius 2 is 1.62 bits per heavy atom. The molecule has 5 atom stereocenters. The lowest BCUT2D eigenvalue weighted by Gasteiger charge is -2.42. The van der Waals surface area contributed by atoms with Gasteiger partial charge in [-0.1, -0.05) is 12.1 Å². The van der Waals surface area contributed by atoms with Gasteiger partial charge in [-0.3, -0.25) is 4.84 Å². The highest BCUT2D eigenvalue weighted by Crippen LogP contribution is 2.25. The van der Waals surface area contributed by atoms with Gasteiger partial charge in [-0.2, -0.15) is 5.06 Å². The number of hydrogen-bond donors (Lipinski definition) is 4. The highest BCUT2D eigenvalue weighted by Gasteiger charge is 2.49. The number of anilines is 1. The zero-order valence-electron chi connectivity index (χ0n) is 18.0. The van der Waals surface area contributed by atoms with Crippen LogP contribution in [-0.2, 0) is 20.8 Å². The predicted molar refractivity (Wildman–Crippen MR) is 121 cm³/mol. The number of unbranched alkanes of at least 4 members (excludes halogenated alkanes) is 1. The molecule has 0 bridgehead atoms. The van der Waals surface area contributed by atoms with Crippen molar-refractivity contribution in [1.29, 1.82) is 0 Å². The number of aliphatic carboxylic acids is 1. The quantitative estimate of drug-likeness (QED) is 0.181. The van der Waals surface area contributed by atoms with E-state index in [1.807, 2.05) is 12.1 Å². The Hall–Kier alpha value is -1.17. The molecule has 1 aromatic carbocycles. The molecule has 1 unspecified atom stereocenters. The summed E-state index contributed by atoms with van der Waals surface area (Å²) in [7, 11) is 1.37. The first kappa shape index (κ1) is 27.1. The molecule has 1 saturated heterocycles. The van der Waals surface area contributed by atoms with Crippen LogP contribution < -0.4 is 4.90 Å². The van der Waals surface area contributed by atoms with Crippen LogP contribution in [0.25, 0.3) is 0 Å². The highest BCUT2D eigenvalue weighted by molar-refractivity contribution is 6.18. The number of hydrogen-bond acceptors (Lipinski definition) is 8. The van der Waals surface area contributed by atoms with Crippen LogP contribution in [0.1, 0.15) is 18.4 Å². The number of benzene rings is 1. The molecule has 1 aromatic rings. The van der Waals surface area contributed by atoms with Crippen molar-refractivity contribution in [3.8, 4) is 0 Å². The molecule has 0 aromatic heterocycles. The summed E-state index contributed by atoms with van der Waals surface area (Å²) >= 11 is 11.7. The van der Waals surface area contributed by atoms with E-state index in [1.54, 1.807) is 0 Å². The summed E-state index contributed by atoms with van der Waals surface area (Å²) in [6.45, 7) is 1.79. The molecule has 1 aliphatic heterocycles. The maximum atomic E-state index is 11.3. The van der Waals surface area contributed by atoms with Crippen molar-refractivity contribution < 1.29 is 34.8 Å². The van der Waals surface area contributed by atoms with Crippen molar-refractivity contribution >= 4 is 34.9 Å². The molecule has 11 heteroatoms. The Labute approximate surface area is 198 Å². The molecule has 32 heavy (non-hydrogen) atoms. The summed E-state index contributed by atoms with van der Waals surface area (Å²) in [4.78, 5) is 18.7. The zero-order chi connectivity index (χ0) is 23.7. The molecule has 0 amide bonds. The number of carboxylic acid groups (broad SMARTS) is 1. The first-order chi connectivity index (χ1) is 15.3. The maximum Gasteiger partial charge on any atom is 0.335 e. The molecule has 0 saturated carbocycles. The Bertz CT molecular complexity index is 691. The third kappa shape index (κ3) is 7.16. The van der Waals surface area contributed by atoms with Crippen molar-refractivity contribution in [2.24, 2.45) is 0 Å². The number of nitrogens with zero attached hydrogens (tertiary/aromatic N) is 2. The SMILES string of the molecule is CON(CCCCc1ccc(N(CCCl)CCCl)cc1)C1O[C@H](C(=O)O)[C@@H](O)[C@H](O)[C@H]1O. The average Bonchev–Trinajstić information content (AvgIpc) is 2.78. The molecule has 1 heterocycles. The number of aryl methyl sites for hydroxylation is 1. The fraction of sp³-hybridized carbons (Fsp3) is 0.667. The molecule has 2 rings (SSSR count). The molecule has 182 valence electrons. The van der Waals surface area contributed by atoms with Crippen LogP contribution >= 0.6 is 23.2 Å². The number of halogens is 2. The molecule has 1 aliphatic rings. The molecule has 1 fully saturated rings. The number of alkyl halides is 2. The van der Waals surface area contributed by atoms with E-state index in [2.05, 4.69) is 17.0 Å². The van der Waals surface area contributed by atoms with Gasteiger partial charge in [0.15, 0.2) is 12.3 Å². The third-order valence-corrected chi connectivity index (χ3v) is 5.79. The van der Waals surface area contributed by atoms with Crippen molar-refractivity contribution in [3.05, 3.63) is 29.8 Å². The van der Waals surface area contributed by atoms with E-state index >= 15 is 0 Å². The van der Waals surface area contributed by atoms with Crippen LogP contribution in [0.15, 0.2) is 24.3 Å². The summed E-state index contributed by atoms with van der Waals surface area (Å²) in [5.41, 5.74) is 2.23. The van der Waals surface area contributed by atoms with Gasteiger partial charge in [-0.05, 0) is 37.0 Å². The van der Waals surface area contributed by atoms with Gasteiger partial charge >= 0.3 is 5.97 Å². The number of ether oxygens (including phenoxy) is 1. The van der Waals surface area contributed by atoms with Gasteiger partial charge in [0.2, 0.25) is 0 Å². The summed E-state index contributed by atoms with van der Waals surface area (Å²) in [5, 5.41) is 40.5. The first-order valence-corrected chi connectivity index (χ1v) is 11.6. The second kappa shape index (κ2) is 13.5. The molecule has 0 aliphatic carbocycles. The van der Waals surface area contributed by atoms with E-state index in [-0.39, 0.29) is 0 Å². The summed E-state index contributed by atoms with van der Waals surface area (Å²) in [5.74, 6) is -0.377. The topological polar surface area (TPSA) is 123 Å². The van der Waals surface area contributed by atoms with Crippen molar-refractivity contribution in [3.63, 3.8) is 0 Å². The Morgan fingerprint density at radius 1 is 1.00 bits per heavy atom. The number of carbonyl (C=O) groups is 1. The molecular formula is C21H32Cl2N2O7. The number of aliphatic hydroxyl groups is 3. The van der Waals surface area contributed by atoms with Gasteiger partial charge in [-0.25, -0.2) is 4.79 Å². The van der Waals surface area contributed by atoms with Gasteiger partial charge in [0.05, 0.1) is 7.11 Å². The normalized spacial score (nSPS) is 25.8. The Kier molecular flexibility index (Phi) is 11.4. The van der Waals surface area contributed by atoms with Crippen LogP contribution in [0.4, 0.5) is 5.69 Å². The number of rotatable bonds is 13. The van der Waals surface area contributed by atoms with E-state index in [0.29, 0.717) is 24.7 Å². The summed E-state index contributed by atoms with van der Waals surface area (Å²) in [6.07, 6.45) is -5.49. The molecule has 0 spiro atoms. The van der Waals surface area contributed by atoms with Crippen LogP contribution in [0.3, 0.4) is 0 Å². The van der Waals surface area contributed by atoms with Crippen molar-refractivity contribution in [1.82, 2.24) is 5.06 Å². The van der Waals surface area contributed by atoms with E-state index in [9.17, 15) is 25.2 Å². The van der Waals surface area contributed by atoms with Gasteiger partial charge in [0.1, 0.15) is 18.3 Å². The van der Waals surface area contributed by atoms with Gasteiger partial charge < -0.3 is 30.1 Å². The largest absolute Gasteiger partial charge is 0.479 e. The second-order valence-electron chi connectivity index (χ2n) is 7.57. The van der Waals surface area contributed by atoms with Crippen LogP contribution in [0.2, 0.25) is 0 Å². The first-order valence-electron chi connectivity index (χ1n) is 10.5. The third-order valence-electron chi connectivity index (χ3n) is 5.45. The fourth-order valence-corrected chi connectivity index (χ4v) is 4.08. The van der Waals surface area contributed by atoms with Crippen molar-refractivity contribution in [2.45, 2.75) is 49.9 Å². The van der Waals surface area contributed by atoms with Crippen LogP contribution in [0, 0.1) is 0 Å². The molecule has 4 N–H and O–H groups in total. The summed E-state index contributed by atoms with van der Waals surface area (Å²) < 4.78 is 5.30. The molecular weight excluding hydrogens is 463 g/mol. The lowest BCUT2D eigenvalue weighted by Crippen LogP contribution is -2.64. The zero-order valence-corrected chi connectivity index (χ0v) is 19.5. The maximum absolute atomic E-state index is 11.3. The second-order valence-corrected chi connectivity index (χ2v) is 8.33. The average molecular weight is 495 g/mol. The lowest BCUT2D eigenvalue weighted by atomic mass is 9.98. The van der Waals surface area contributed by atoms with E-state index < -0.39 is 36.6 Å². The monoisotopic (exact) mass is 494 g/mol.